The lowest BCUT2D eigenvalue weighted by Gasteiger charge is -2.15. The van der Waals surface area contributed by atoms with E-state index >= 15 is 0 Å². The van der Waals surface area contributed by atoms with Crippen LogP contribution in [0.4, 0.5) is 0 Å². The normalized spacial score (nSPS) is 12.5. The van der Waals surface area contributed by atoms with E-state index < -0.39 is 9.84 Å². The number of hydrogen-bond donors (Lipinski definition) is 2. The number of thioether (sulfide) groups is 1. The van der Waals surface area contributed by atoms with Gasteiger partial charge in [0.25, 0.3) is 5.91 Å². The molecule has 7 nitrogen and oxygen atoms in total. The monoisotopic (exact) mass is 416 g/mol. The highest BCUT2D eigenvalue weighted by molar-refractivity contribution is 7.98. The predicted octanol–water partition coefficient (Wildman–Crippen LogP) is 2.99. The van der Waals surface area contributed by atoms with Crippen LogP contribution in [-0.4, -0.2) is 35.8 Å². The molecule has 1 aromatic heterocycles. The van der Waals surface area contributed by atoms with Gasteiger partial charge < -0.3 is 5.32 Å². The lowest BCUT2D eigenvalue weighted by atomic mass is 10.1. The van der Waals surface area contributed by atoms with Gasteiger partial charge in [0.15, 0.2) is 15.0 Å². The number of rotatable bonds is 7. The molecule has 0 spiro atoms. The van der Waals surface area contributed by atoms with Crippen molar-refractivity contribution in [3.05, 3.63) is 71.5 Å². The Hall–Kier alpha value is -2.65. The van der Waals surface area contributed by atoms with Crippen molar-refractivity contribution in [3.63, 3.8) is 0 Å². The van der Waals surface area contributed by atoms with E-state index in [1.54, 1.807) is 36.4 Å². The summed E-state index contributed by atoms with van der Waals surface area (Å²) in [5.74, 6) is 0.536. The summed E-state index contributed by atoms with van der Waals surface area (Å²) >= 11 is 1.53. The summed E-state index contributed by atoms with van der Waals surface area (Å²) in [7, 11) is -3.23. The van der Waals surface area contributed by atoms with Gasteiger partial charge in [0.05, 0.1) is 10.9 Å². The molecule has 0 fully saturated rings. The third-order valence-corrected chi connectivity index (χ3v) is 6.22. The van der Waals surface area contributed by atoms with Gasteiger partial charge in [0.2, 0.25) is 0 Å². The fourth-order valence-corrected chi connectivity index (χ4v) is 3.90. The largest absolute Gasteiger partial charge is 0.346 e. The number of hydrogen-bond acceptors (Lipinski definition) is 6. The lowest BCUT2D eigenvalue weighted by molar-refractivity contribution is 0.0940. The van der Waals surface area contributed by atoms with Crippen LogP contribution < -0.4 is 5.32 Å². The number of carbonyl (C=O) groups excluding carboxylic acids is 1. The molecule has 3 rings (SSSR count). The second-order valence-corrected chi connectivity index (χ2v) is 9.29. The average Bonchev–Trinajstić information content (AvgIpc) is 3.20. The lowest BCUT2D eigenvalue weighted by Crippen LogP contribution is -2.26. The summed E-state index contributed by atoms with van der Waals surface area (Å²) in [6.07, 6.45) is 2.63. The summed E-state index contributed by atoms with van der Waals surface area (Å²) in [5.41, 5.74) is 2.47. The van der Waals surface area contributed by atoms with Crippen LogP contribution in [0.3, 0.4) is 0 Å². The minimum absolute atomic E-state index is 0.186. The van der Waals surface area contributed by atoms with E-state index in [1.165, 1.54) is 24.3 Å². The van der Waals surface area contributed by atoms with E-state index in [9.17, 15) is 13.2 Å². The summed E-state index contributed by atoms with van der Waals surface area (Å²) < 4.78 is 23.1. The molecule has 28 heavy (non-hydrogen) atoms. The topological polar surface area (TPSA) is 105 Å². The molecule has 146 valence electrons. The van der Waals surface area contributed by atoms with Crippen molar-refractivity contribution in [1.82, 2.24) is 20.5 Å². The Bertz CT molecular complexity index is 1030. The highest BCUT2D eigenvalue weighted by Gasteiger charge is 2.13. The van der Waals surface area contributed by atoms with Gasteiger partial charge in [-0.3, -0.25) is 9.89 Å². The van der Waals surface area contributed by atoms with Gasteiger partial charge >= 0.3 is 0 Å². The Labute approximate surface area is 167 Å². The SMILES string of the molecule is CC(NC(=O)c1ccc(CSc2ncn[nH]2)cc1)c1ccc(S(C)(=O)=O)cc1. The minimum atomic E-state index is -3.23. The zero-order chi connectivity index (χ0) is 20.1. The number of aromatic amines is 1. The Morgan fingerprint density at radius 1 is 1.14 bits per heavy atom. The molecule has 0 radical (unpaired) electrons. The second-order valence-electron chi connectivity index (χ2n) is 6.31. The highest BCUT2D eigenvalue weighted by atomic mass is 32.2. The first kappa shape index (κ1) is 20.1. The molecule has 2 aromatic carbocycles. The molecule has 0 saturated carbocycles. The quantitative estimate of drug-likeness (QED) is 0.574. The molecule has 1 atom stereocenters. The maximum absolute atomic E-state index is 12.5. The van der Waals surface area contributed by atoms with Crippen LogP contribution in [0.15, 0.2) is 64.9 Å². The van der Waals surface area contributed by atoms with Crippen LogP contribution in [-0.2, 0) is 15.6 Å². The average molecular weight is 417 g/mol. The van der Waals surface area contributed by atoms with E-state index in [2.05, 4.69) is 20.5 Å². The van der Waals surface area contributed by atoms with Gasteiger partial charge in [0.1, 0.15) is 6.33 Å². The maximum atomic E-state index is 12.5. The Kier molecular flexibility index (Phi) is 6.15. The van der Waals surface area contributed by atoms with Gasteiger partial charge in [-0.1, -0.05) is 36.0 Å². The first-order chi connectivity index (χ1) is 13.3. The van der Waals surface area contributed by atoms with Gasteiger partial charge in [-0.2, -0.15) is 5.10 Å². The number of sulfone groups is 1. The fraction of sp³-hybridized carbons (Fsp3) is 0.211. The number of H-pyrrole nitrogens is 1. The van der Waals surface area contributed by atoms with E-state index in [0.717, 1.165) is 22.0 Å². The summed E-state index contributed by atoms with van der Waals surface area (Å²) in [6, 6.07) is 13.7. The highest BCUT2D eigenvalue weighted by Crippen LogP contribution is 2.19. The molecule has 0 aliphatic heterocycles. The number of nitrogens with one attached hydrogen (secondary N) is 2. The standard InChI is InChI=1S/C19H20N4O3S2/c1-13(15-7-9-17(10-8-15)28(2,25)26)22-18(24)16-5-3-14(4-6-16)11-27-19-20-12-21-23-19/h3-10,12-13H,11H2,1-2H3,(H,22,24)(H,20,21,23). The smallest absolute Gasteiger partial charge is 0.251 e. The van der Waals surface area contributed by atoms with Crippen LogP contribution in [0.5, 0.6) is 0 Å². The van der Waals surface area contributed by atoms with Gasteiger partial charge in [-0.25, -0.2) is 13.4 Å². The van der Waals surface area contributed by atoms with Crippen molar-refractivity contribution in [2.75, 3.05) is 6.26 Å². The molecule has 0 aliphatic rings. The van der Waals surface area contributed by atoms with Gasteiger partial charge in [-0.15, -0.1) is 0 Å². The van der Waals surface area contributed by atoms with Crippen LogP contribution in [0, 0.1) is 0 Å². The van der Waals surface area contributed by atoms with Crippen LogP contribution >= 0.6 is 11.8 Å². The molecule has 0 aliphatic carbocycles. The van der Waals surface area contributed by atoms with E-state index in [0.29, 0.717) is 5.56 Å². The molecule has 3 aromatic rings. The molecule has 1 amide bonds. The van der Waals surface area contributed by atoms with Crippen molar-refractivity contribution in [3.8, 4) is 0 Å². The van der Waals surface area contributed by atoms with Crippen molar-refractivity contribution >= 4 is 27.5 Å². The summed E-state index contributed by atoms with van der Waals surface area (Å²) in [4.78, 5) is 16.8. The number of amides is 1. The van der Waals surface area contributed by atoms with Gasteiger partial charge in [-0.05, 0) is 42.3 Å². The minimum Gasteiger partial charge on any atom is -0.346 e. The molecular formula is C19H20N4O3S2. The molecular weight excluding hydrogens is 396 g/mol. The third-order valence-electron chi connectivity index (χ3n) is 4.14. The molecule has 0 saturated heterocycles. The number of nitrogens with zero attached hydrogens (tertiary/aromatic N) is 2. The second kappa shape index (κ2) is 8.57. The predicted molar refractivity (Wildman–Crippen MR) is 108 cm³/mol. The first-order valence-corrected chi connectivity index (χ1v) is 11.4. The summed E-state index contributed by atoms with van der Waals surface area (Å²) in [6.45, 7) is 1.86. The number of aromatic nitrogens is 3. The van der Waals surface area contributed by atoms with Crippen molar-refractivity contribution < 1.29 is 13.2 Å². The van der Waals surface area contributed by atoms with Crippen molar-refractivity contribution in [1.29, 1.82) is 0 Å². The van der Waals surface area contributed by atoms with Gasteiger partial charge in [0, 0.05) is 17.6 Å². The zero-order valence-corrected chi connectivity index (χ0v) is 17.0. The number of carbonyl (C=O) groups is 1. The zero-order valence-electron chi connectivity index (χ0n) is 15.4. The molecule has 9 heteroatoms. The third kappa shape index (κ3) is 5.20. The van der Waals surface area contributed by atoms with Crippen LogP contribution in [0.2, 0.25) is 0 Å². The Morgan fingerprint density at radius 2 is 1.82 bits per heavy atom. The molecule has 1 heterocycles. The maximum Gasteiger partial charge on any atom is 0.251 e. The van der Waals surface area contributed by atoms with E-state index in [1.807, 2.05) is 19.1 Å². The number of benzene rings is 2. The van der Waals surface area contributed by atoms with E-state index in [-0.39, 0.29) is 16.8 Å². The van der Waals surface area contributed by atoms with Crippen molar-refractivity contribution in [2.24, 2.45) is 0 Å². The molecule has 1 unspecified atom stereocenters. The van der Waals surface area contributed by atoms with Crippen LogP contribution in [0.1, 0.15) is 34.5 Å². The summed E-state index contributed by atoms with van der Waals surface area (Å²) in [5, 5.41) is 10.3. The van der Waals surface area contributed by atoms with Crippen LogP contribution in [0.25, 0.3) is 0 Å². The van der Waals surface area contributed by atoms with Crippen molar-refractivity contribution in [2.45, 2.75) is 28.8 Å². The Balaban J connectivity index is 1.59. The molecule has 2 N–H and O–H groups in total. The van der Waals surface area contributed by atoms with E-state index in [4.69, 9.17) is 0 Å². The fourth-order valence-electron chi connectivity index (χ4n) is 2.53. The molecule has 0 bridgehead atoms. The first-order valence-electron chi connectivity index (χ1n) is 8.51. The Morgan fingerprint density at radius 3 is 2.39 bits per heavy atom.